The van der Waals surface area contributed by atoms with Crippen molar-refractivity contribution < 1.29 is 22.7 Å². The molecule has 0 radical (unpaired) electrons. The van der Waals surface area contributed by atoms with Gasteiger partial charge < -0.3 is 9.52 Å². The van der Waals surface area contributed by atoms with Crippen LogP contribution in [0.1, 0.15) is 36.4 Å². The van der Waals surface area contributed by atoms with Gasteiger partial charge in [-0.3, -0.25) is 0 Å². The van der Waals surface area contributed by atoms with E-state index in [1.54, 1.807) is 0 Å². The van der Waals surface area contributed by atoms with Crippen molar-refractivity contribution in [3.8, 4) is 0 Å². The molecule has 1 unspecified atom stereocenters. The van der Waals surface area contributed by atoms with E-state index >= 15 is 0 Å². The number of benzene rings is 1. The molecule has 2 N–H and O–H groups in total. The molecule has 23 heavy (non-hydrogen) atoms. The molecule has 1 aromatic heterocycles. The first-order chi connectivity index (χ1) is 10.7. The highest BCUT2D eigenvalue weighted by Gasteiger charge is 2.64. The van der Waals surface area contributed by atoms with Crippen LogP contribution in [0.2, 0.25) is 0 Å². The molecule has 0 bridgehead atoms. The predicted octanol–water partition coefficient (Wildman–Crippen LogP) is 2.58. The van der Waals surface area contributed by atoms with E-state index in [4.69, 9.17) is 9.52 Å². The summed E-state index contributed by atoms with van der Waals surface area (Å²) in [4.78, 5) is 10.8. The van der Waals surface area contributed by atoms with Crippen molar-refractivity contribution in [3.05, 3.63) is 54.0 Å². The Labute approximate surface area is 134 Å². The lowest BCUT2D eigenvalue weighted by molar-refractivity contribution is 0.0656. The van der Waals surface area contributed by atoms with Gasteiger partial charge >= 0.3 is 5.97 Å². The summed E-state index contributed by atoms with van der Waals surface area (Å²) in [5.74, 6) is -2.00. The second-order valence-corrected chi connectivity index (χ2v) is 8.01. The van der Waals surface area contributed by atoms with Crippen molar-refractivity contribution in [2.45, 2.75) is 30.7 Å². The average Bonchev–Trinajstić information content (AvgIpc) is 2.88. The monoisotopic (exact) mass is 335 g/mol. The number of furan rings is 1. The van der Waals surface area contributed by atoms with Crippen molar-refractivity contribution in [1.29, 1.82) is 0 Å². The molecule has 6 nitrogen and oxygen atoms in total. The summed E-state index contributed by atoms with van der Waals surface area (Å²) in [6.45, 7) is 3.94. The third-order valence-corrected chi connectivity index (χ3v) is 5.94. The Morgan fingerprint density at radius 3 is 2.35 bits per heavy atom. The van der Waals surface area contributed by atoms with Gasteiger partial charge in [0.05, 0.1) is 11.8 Å². The predicted molar refractivity (Wildman–Crippen MR) is 82.5 cm³/mol. The van der Waals surface area contributed by atoms with Gasteiger partial charge in [-0.15, -0.1) is 0 Å². The molecular weight excluding hydrogens is 318 g/mol. The fourth-order valence-electron chi connectivity index (χ4n) is 3.02. The lowest BCUT2D eigenvalue weighted by Crippen LogP contribution is -2.38. The molecule has 0 aliphatic heterocycles. The van der Waals surface area contributed by atoms with E-state index < -0.39 is 27.3 Å². The molecule has 7 heteroatoms. The first-order valence-electron chi connectivity index (χ1n) is 7.10. The maximum absolute atomic E-state index is 12.7. The molecule has 3 rings (SSSR count). The smallest absolute Gasteiger partial charge is 0.373 e. The van der Waals surface area contributed by atoms with Crippen LogP contribution in [0.4, 0.5) is 0 Å². The minimum atomic E-state index is -4.03. The minimum absolute atomic E-state index is 0.269. The number of hydrogen-bond donors (Lipinski definition) is 2. The number of carbonyl (C=O) groups is 1. The molecule has 2 aromatic rings. The molecule has 1 aromatic carbocycles. The van der Waals surface area contributed by atoms with Crippen LogP contribution in [0.5, 0.6) is 0 Å². The van der Waals surface area contributed by atoms with Crippen LogP contribution >= 0.6 is 0 Å². The van der Waals surface area contributed by atoms with Gasteiger partial charge in [0.2, 0.25) is 15.8 Å². The first kappa shape index (κ1) is 15.8. The number of aromatic carboxylic acids is 1. The zero-order valence-electron chi connectivity index (χ0n) is 12.7. The topological polar surface area (TPSA) is 96.6 Å². The molecule has 122 valence electrons. The second-order valence-electron chi connectivity index (χ2n) is 6.36. The second kappa shape index (κ2) is 4.94. The summed E-state index contributed by atoms with van der Waals surface area (Å²) in [5.41, 5.74) is -0.164. The van der Waals surface area contributed by atoms with Gasteiger partial charge in [0.1, 0.15) is 4.90 Å². The van der Waals surface area contributed by atoms with Gasteiger partial charge in [-0.25, -0.2) is 13.2 Å². The molecule has 0 spiro atoms. The van der Waals surface area contributed by atoms with Crippen LogP contribution < -0.4 is 4.72 Å². The maximum atomic E-state index is 12.7. The first-order valence-corrected chi connectivity index (χ1v) is 8.58. The van der Waals surface area contributed by atoms with Gasteiger partial charge in [0.15, 0.2) is 0 Å². The molecule has 1 aliphatic rings. The summed E-state index contributed by atoms with van der Waals surface area (Å²) in [6.07, 6.45) is 1.69. The Balaban J connectivity index is 2.02. The lowest BCUT2D eigenvalue weighted by Gasteiger charge is -2.22. The van der Waals surface area contributed by atoms with Gasteiger partial charge in [0, 0.05) is 0 Å². The molecule has 1 heterocycles. The Hall–Kier alpha value is -2.12. The zero-order valence-corrected chi connectivity index (χ0v) is 13.6. The fraction of sp³-hybridized carbons (Fsp3) is 0.312. The molecule has 1 aliphatic carbocycles. The van der Waals surface area contributed by atoms with Gasteiger partial charge in [-0.1, -0.05) is 44.2 Å². The highest BCUT2D eigenvalue weighted by atomic mass is 32.2. The largest absolute Gasteiger partial charge is 0.475 e. The summed E-state index contributed by atoms with van der Waals surface area (Å²) in [7, 11) is -4.03. The Morgan fingerprint density at radius 2 is 1.83 bits per heavy atom. The van der Waals surface area contributed by atoms with E-state index in [-0.39, 0.29) is 10.3 Å². The van der Waals surface area contributed by atoms with Crippen LogP contribution in [0, 0.1) is 5.41 Å². The number of hydrogen-bond acceptors (Lipinski definition) is 4. The molecule has 0 saturated heterocycles. The number of sulfonamides is 1. The molecule has 0 amide bonds. The maximum Gasteiger partial charge on any atom is 0.373 e. The lowest BCUT2D eigenvalue weighted by atomic mass is 9.97. The fourth-order valence-corrected chi connectivity index (χ4v) is 4.67. The van der Waals surface area contributed by atoms with E-state index in [9.17, 15) is 13.2 Å². The van der Waals surface area contributed by atoms with Gasteiger partial charge in [-0.05, 0) is 23.5 Å². The molecule has 1 saturated carbocycles. The number of nitrogens with one attached hydrogen (secondary N) is 1. The van der Waals surface area contributed by atoms with E-state index in [0.29, 0.717) is 6.42 Å². The van der Waals surface area contributed by atoms with Crippen LogP contribution in [0.25, 0.3) is 0 Å². The van der Waals surface area contributed by atoms with E-state index in [1.807, 2.05) is 44.2 Å². The Bertz CT molecular complexity index is 854. The van der Waals surface area contributed by atoms with Crippen molar-refractivity contribution >= 4 is 16.0 Å². The van der Waals surface area contributed by atoms with Crippen LogP contribution in [-0.4, -0.2) is 19.5 Å². The number of carboxylic acid groups (broad SMARTS) is 1. The summed E-state index contributed by atoms with van der Waals surface area (Å²) in [5, 5.41) is 9.07. The van der Waals surface area contributed by atoms with E-state index in [0.717, 1.165) is 17.9 Å². The highest BCUT2D eigenvalue weighted by Crippen LogP contribution is 2.62. The SMILES string of the molecule is CC1(C)CC1(NS(=O)(=O)c1ccoc1C(=O)O)c1ccccc1. The molecule has 1 fully saturated rings. The van der Waals surface area contributed by atoms with Crippen molar-refractivity contribution in [1.82, 2.24) is 4.72 Å². The van der Waals surface area contributed by atoms with Crippen LogP contribution in [0.15, 0.2) is 52.0 Å². The number of carboxylic acids is 1. The minimum Gasteiger partial charge on any atom is -0.475 e. The summed E-state index contributed by atoms with van der Waals surface area (Å²) >= 11 is 0. The Kier molecular flexibility index (Phi) is 3.38. The van der Waals surface area contributed by atoms with Gasteiger partial charge in [0.25, 0.3) is 0 Å². The third-order valence-electron chi connectivity index (χ3n) is 4.43. The summed E-state index contributed by atoms with van der Waals surface area (Å²) < 4.78 is 32.9. The van der Waals surface area contributed by atoms with Crippen molar-refractivity contribution in [2.24, 2.45) is 5.41 Å². The van der Waals surface area contributed by atoms with Crippen molar-refractivity contribution in [2.75, 3.05) is 0 Å². The molecule has 1 atom stereocenters. The number of rotatable bonds is 5. The van der Waals surface area contributed by atoms with E-state index in [1.165, 1.54) is 0 Å². The quantitative estimate of drug-likeness (QED) is 0.875. The standard InChI is InChI=1S/C16H17NO5S/c1-15(2)10-16(15,11-6-4-3-5-7-11)17-23(20,21)12-8-9-22-13(12)14(18)19/h3-9,17H,10H2,1-2H3,(H,18,19). The van der Waals surface area contributed by atoms with Crippen LogP contribution in [-0.2, 0) is 15.6 Å². The molecular formula is C16H17NO5S. The summed E-state index contributed by atoms with van der Waals surface area (Å²) in [6, 6.07) is 10.4. The zero-order chi connectivity index (χ0) is 16.9. The van der Waals surface area contributed by atoms with Crippen LogP contribution in [0.3, 0.4) is 0 Å². The van der Waals surface area contributed by atoms with E-state index in [2.05, 4.69) is 4.72 Å². The average molecular weight is 335 g/mol. The normalized spacial score (nSPS) is 22.7. The van der Waals surface area contributed by atoms with Gasteiger partial charge in [-0.2, -0.15) is 4.72 Å². The highest BCUT2D eigenvalue weighted by molar-refractivity contribution is 7.89. The third kappa shape index (κ3) is 2.46. The Morgan fingerprint density at radius 1 is 1.22 bits per heavy atom. The van der Waals surface area contributed by atoms with Crippen molar-refractivity contribution in [3.63, 3.8) is 0 Å².